The lowest BCUT2D eigenvalue weighted by Crippen LogP contribution is -2.67. The molecule has 202 valence electrons. The van der Waals surface area contributed by atoms with Crippen molar-refractivity contribution in [1.29, 1.82) is 0 Å². The molecule has 5 rings (SSSR count). The van der Waals surface area contributed by atoms with E-state index in [4.69, 9.17) is 17.2 Å². The van der Waals surface area contributed by atoms with Gasteiger partial charge in [-0.15, -0.1) is 0 Å². The fraction of sp³-hybridized carbons (Fsp3) is 0.538. The van der Waals surface area contributed by atoms with Gasteiger partial charge in [0.2, 0.25) is 5.91 Å². The zero-order valence-corrected chi connectivity index (χ0v) is 21.5. The molecule has 0 radical (unpaired) electrons. The normalized spacial score (nSPS) is 24.3. The molecule has 1 saturated heterocycles. The molecule has 4 aliphatic rings. The van der Waals surface area contributed by atoms with E-state index in [0.29, 0.717) is 17.1 Å². The molecule has 2 saturated carbocycles. The molecule has 1 unspecified atom stereocenters. The van der Waals surface area contributed by atoms with E-state index in [1.807, 2.05) is 12.1 Å². The van der Waals surface area contributed by atoms with Gasteiger partial charge in [0.25, 0.3) is 5.91 Å². The van der Waals surface area contributed by atoms with Gasteiger partial charge in [-0.1, -0.05) is 43.3 Å². The number of dihydropyridines is 1. The first kappa shape index (κ1) is 26.1. The number of carbonyl (C=O) groups excluding carboxylic acids is 2. The van der Waals surface area contributed by atoms with Crippen LogP contribution in [0.2, 0.25) is 0 Å². The number of fused-ring (bicyclic) bond motifs is 1. The van der Waals surface area contributed by atoms with Crippen molar-refractivity contribution in [1.82, 2.24) is 20.5 Å². The molecule has 0 spiro atoms. The molecule has 0 aromatic heterocycles. The Kier molecular flexibility index (Phi) is 7.85. The Labute approximate surface area is 222 Å². The van der Waals surface area contributed by atoms with Gasteiger partial charge < -0.3 is 10.6 Å². The number of anilines is 1. The van der Waals surface area contributed by atoms with Crippen LogP contribution in [0.5, 0.6) is 0 Å². The summed E-state index contributed by atoms with van der Waals surface area (Å²) in [5.41, 5.74) is 10.7. The zero-order valence-electron chi connectivity index (χ0n) is 21.5. The van der Waals surface area contributed by atoms with Crippen LogP contribution in [0.1, 0.15) is 68.1 Å². The van der Waals surface area contributed by atoms with Gasteiger partial charge in [-0.3, -0.25) is 24.5 Å². The van der Waals surface area contributed by atoms with Gasteiger partial charge in [0.1, 0.15) is 12.0 Å². The fourth-order valence-corrected chi connectivity index (χ4v) is 6.12. The van der Waals surface area contributed by atoms with Crippen molar-refractivity contribution in [3.8, 4) is 0 Å². The van der Waals surface area contributed by atoms with E-state index in [2.05, 4.69) is 25.6 Å². The van der Waals surface area contributed by atoms with Gasteiger partial charge in [0.05, 0.1) is 24.0 Å². The minimum absolute atomic E-state index is 0.0520. The van der Waals surface area contributed by atoms with Gasteiger partial charge in [-0.2, -0.15) is 0 Å². The number of azide groups is 1. The minimum Gasteiger partial charge on any atom is -0.350 e. The third kappa shape index (κ3) is 5.21. The number of hydrazine groups is 2. The maximum Gasteiger partial charge on any atom is 0.268 e. The Morgan fingerprint density at radius 3 is 2.58 bits per heavy atom. The molecular formula is C26H36N10O2. The lowest BCUT2D eigenvalue weighted by atomic mass is 9.95. The van der Waals surface area contributed by atoms with Crippen molar-refractivity contribution in [3.05, 3.63) is 63.9 Å². The van der Waals surface area contributed by atoms with Gasteiger partial charge in [0.15, 0.2) is 0 Å². The van der Waals surface area contributed by atoms with E-state index in [9.17, 15) is 9.59 Å². The van der Waals surface area contributed by atoms with Crippen LogP contribution in [-0.2, 0) is 4.79 Å². The number of piperazine rings is 1. The summed E-state index contributed by atoms with van der Waals surface area (Å²) < 4.78 is 0. The monoisotopic (exact) mass is 520 g/mol. The minimum atomic E-state index is -0.578. The second-order valence-electron chi connectivity index (χ2n) is 10.4. The van der Waals surface area contributed by atoms with Crippen molar-refractivity contribution in [3.63, 3.8) is 0 Å². The first-order valence-corrected chi connectivity index (χ1v) is 13.5. The molecule has 2 atom stereocenters. The van der Waals surface area contributed by atoms with Gasteiger partial charge in [0, 0.05) is 22.6 Å². The van der Waals surface area contributed by atoms with Crippen LogP contribution in [0.25, 0.3) is 10.4 Å². The maximum atomic E-state index is 13.1. The Bertz CT molecular complexity index is 1160. The third-order valence-corrected chi connectivity index (χ3v) is 8.13. The fourth-order valence-electron chi connectivity index (χ4n) is 6.12. The van der Waals surface area contributed by atoms with E-state index in [0.717, 1.165) is 57.1 Å². The second kappa shape index (κ2) is 11.4. The van der Waals surface area contributed by atoms with Gasteiger partial charge in [-0.25, -0.2) is 11.7 Å². The first-order valence-electron chi connectivity index (χ1n) is 13.5. The molecule has 12 heteroatoms. The molecule has 2 heterocycles. The molecule has 1 aromatic carbocycles. The number of benzene rings is 1. The molecule has 12 nitrogen and oxygen atoms in total. The number of allylic oxidation sites excluding steroid dienone is 2. The lowest BCUT2D eigenvalue weighted by molar-refractivity contribution is -0.130. The van der Waals surface area contributed by atoms with Gasteiger partial charge >= 0.3 is 0 Å². The van der Waals surface area contributed by atoms with E-state index in [1.165, 1.54) is 16.4 Å². The molecule has 2 amide bonds. The average Bonchev–Trinajstić information content (AvgIpc) is 3.49. The molecule has 2 aliphatic carbocycles. The highest BCUT2D eigenvalue weighted by Crippen LogP contribution is 2.32. The Morgan fingerprint density at radius 1 is 1.11 bits per heavy atom. The average molecular weight is 521 g/mol. The summed E-state index contributed by atoms with van der Waals surface area (Å²) in [6.07, 6.45) is 12.6. The summed E-state index contributed by atoms with van der Waals surface area (Å²) in [6.45, 7) is 0.0520. The van der Waals surface area contributed by atoms with Crippen molar-refractivity contribution in [2.24, 2.45) is 16.8 Å². The van der Waals surface area contributed by atoms with Crippen molar-refractivity contribution in [2.75, 3.05) is 11.6 Å². The smallest absolute Gasteiger partial charge is 0.268 e. The van der Waals surface area contributed by atoms with Crippen LogP contribution < -0.4 is 27.3 Å². The Morgan fingerprint density at radius 2 is 1.84 bits per heavy atom. The summed E-state index contributed by atoms with van der Waals surface area (Å²) in [6, 6.07) is 6.79. The molecule has 38 heavy (non-hydrogen) atoms. The number of rotatable bonds is 7. The van der Waals surface area contributed by atoms with Crippen LogP contribution in [0, 0.1) is 0 Å². The number of nitrogens with one attached hydrogen (secondary N) is 2. The summed E-state index contributed by atoms with van der Waals surface area (Å²) in [5.74, 6) is 13.0. The number of nitrogens with zero attached hydrogens (tertiary/aromatic N) is 6. The Hall–Kier alpha value is -3.57. The standard InChI is InChI=1S/C26H36N10O2/c27-33-30-16-22-25(37)31-21-13-14-23(32-24(21)34(22)18-8-4-5-9-18)35(28)20-12-6-7-17(15-20)26(38)36(29)19-10-2-1-3-11-19/h6-7,12-15,18-19,22,24,32H,1-5,8-11,16,28-29H2,(H,31,37)/t22-,24?/m1/s1. The summed E-state index contributed by atoms with van der Waals surface area (Å²) in [7, 11) is 0. The topological polar surface area (TPSA) is 169 Å². The first-order chi connectivity index (χ1) is 18.5. The molecule has 0 bridgehead atoms. The van der Waals surface area contributed by atoms with Crippen LogP contribution in [-0.4, -0.2) is 52.6 Å². The van der Waals surface area contributed by atoms with Crippen molar-refractivity contribution in [2.45, 2.75) is 82.1 Å². The summed E-state index contributed by atoms with van der Waals surface area (Å²) in [5, 5.41) is 13.0. The zero-order chi connectivity index (χ0) is 26.6. The predicted molar refractivity (Wildman–Crippen MR) is 143 cm³/mol. The number of hydrogen-bond acceptors (Lipinski definition) is 8. The van der Waals surface area contributed by atoms with E-state index >= 15 is 0 Å². The Balaban J connectivity index is 1.36. The quantitative estimate of drug-likeness (QED) is 0.107. The van der Waals surface area contributed by atoms with Crippen molar-refractivity contribution < 1.29 is 9.59 Å². The highest BCUT2D eigenvalue weighted by atomic mass is 16.2. The number of hydrogen-bond donors (Lipinski definition) is 4. The summed E-state index contributed by atoms with van der Waals surface area (Å²) >= 11 is 0. The van der Waals surface area contributed by atoms with Crippen molar-refractivity contribution >= 4 is 17.5 Å². The lowest BCUT2D eigenvalue weighted by Gasteiger charge is -2.48. The van der Waals surface area contributed by atoms with E-state index in [-0.39, 0.29) is 36.6 Å². The molecule has 1 aromatic rings. The molecule has 2 aliphatic heterocycles. The highest BCUT2D eigenvalue weighted by Gasteiger charge is 2.44. The SMILES string of the molecule is [N-]=[N+]=NC[C@@H]1C(=O)NC2=CC=C(N(N)c3cccc(C(=O)N(N)C4CCCCC4)c3)NC2N1C1CCCC1. The largest absolute Gasteiger partial charge is 0.350 e. The van der Waals surface area contributed by atoms with E-state index in [1.54, 1.807) is 24.3 Å². The van der Waals surface area contributed by atoms with Crippen LogP contribution >= 0.6 is 0 Å². The van der Waals surface area contributed by atoms with Gasteiger partial charge in [-0.05, 0) is 61.6 Å². The van der Waals surface area contributed by atoms with Crippen LogP contribution in [0.15, 0.2) is 53.0 Å². The number of nitrogens with two attached hydrogens (primary N) is 2. The third-order valence-electron chi connectivity index (χ3n) is 8.13. The van der Waals surface area contributed by atoms with E-state index < -0.39 is 6.04 Å². The summed E-state index contributed by atoms with van der Waals surface area (Å²) in [4.78, 5) is 31.1. The molecular weight excluding hydrogens is 484 g/mol. The second-order valence-corrected chi connectivity index (χ2v) is 10.4. The van der Waals surface area contributed by atoms with Crippen LogP contribution in [0.4, 0.5) is 5.69 Å². The highest BCUT2D eigenvalue weighted by molar-refractivity contribution is 5.95. The molecule has 6 N–H and O–H groups in total. The van der Waals surface area contributed by atoms with Crippen LogP contribution in [0.3, 0.4) is 0 Å². The maximum absolute atomic E-state index is 13.1. The number of amides is 2. The predicted octanol–water partition coefficient (Wildman–Crippen LogP) is 2.72. The molecule has 3 fully saturated rings. The number of carbonyl (C=O) groups is 2.